The summed E-state index contributed by atoms with van der Waals surface area (Å²) in [4.78, 5) is 12.2. The van der Waals surface area contributed by atoms with Crippen molar-refractivity contribution in [1.29, 1.82) is 0 Å². The Morgan fingerprint density at radius 1 is 1.04 bits per heavy atom. The molecular formula is C20H25NO3. The number of benzene rings is 2. The highest BCUT2D eigenvalue weighted by Gasteiger charge is 2.10. The molecule has 0 aliphatic rings. The highest BCUT2D eigenvalue weighted by molar-refractivity contribution is 5.76. The normalized spacial score (nSPS) is 11.7. The van der Waals surface area contributed by atoms with Gasteiger partial charge in [0, 0.05) is 6.42 Å². The van der Waals surface area contributed by atoms with Gasteiger partial charge in [0.05, 0.1) is 20.3 Å². The lowest BCUT2D eigenvalue weighted by Gasteiger charge is -2.15. The second-order valence-electron chi connectivity index (χ2n) is 5.89. The predicted molar refractivity (Wildman–Crippen MR) is 95.6 cm³/mol. The Hall–Kier alpha value is -2.49. The van der Waals surface area contributed by atoms with Crippen molar-refractivity contribution in [3.63, 3.8) is 0 Å². The molecule has 128 valence electrons. The first-order valence-electron chi connectivity index (χ1n) is 8.10. The number of nitrogens with one attached hydrogen (secondary N) is 1. The molecule has 0 spiro atoms. The topological polar surface area (TPSA) is 47.6 Å². The third kappa shape index (κ3) is 4.75. The Morgan fingerprint density at radius 2 is 1.71 bits per heavy atom. The molecule has 0 fully saturated rings. The molecule has 4 heteroatoms. The zero-order chi connectivity index (χ0) is 17.5. The summed E-state index contributed by atoms with van der Waals surface area (Å²) in [6, 6.07) is 13.9. The fraction of sp³-hybridized carbons (Fsp3) is 0.350. The maximum absolute atomic E-state index is 12.2. The monoisotopic (exact) mass is 327 g/mol. The number of hydrogen-bond donors (Lipinski definition) is 1. The van der Waals surface area contributed by atoms with E-state index in [0.717, 1.165) is 11.1 Å². The van der Waals surface area contributed by atoms with Gasteiger partial charge in [0.15, 0.2) is 11.5 Å². The molecule has 0 bridgehead atoms. The van der Waals surface area contributed by atoms with E-state index in [1.165, 1.54) is 5.56 Å². The van der Waals surface area contributed by atoms with Crippen molar-refractivity contribution in [2.45, 2.75) is 32.7 Å². The lowest BCUT2D eigenvalue weighted by atomic mass is 10.1. The van der Waals surface area contributed by atoms with E-state index in [2.05, 4.69) is 36.5 Å². The average Bonchev–Trinajstić information content (AvgIpc) is 2.60. The molecule has 1 N–H and O–H groups in total. The van der Waals surface area contributed by atoms with E-state index in [1.807, 2.05) is 25.1 Å². The Bertz CT molecular complexity index is 680. The summed E-state index contributed by atoms with van der Waals surface area (Å²) in [7, 11) is 3.22. The highest BCUT2D eigenvalue weighted by atomic mass is 16.5. The summed E-state index contributed by atoms with van der Waals surface area (Å²) in [6.45, 7) is 4.05. The lowest BCUT2D eigenvalue weighted by molar-refractivity contribution is -0.121. The van der Waals surface area contributed by atoms with E-state index in [0.29, 0.717) is 24.3 Å². The molecule has 24 heavy (non-hydrogen) atoms. The van der Waals surface area contributed by atoms with E-state index >= 15 is 0 Å². The molecule has 0 heterocycles. The van der Waals surface area contributed by atoms with Crippen LogP contribution in [0.4, 0.5) is 0 Å². The van der Waals surface area contributed by atoms with Crippen molar-refractivity contribution in [3.05, 3.63) is 59.2 Å². The van der Waals surface area contributed by atoms with Crippen LogP contribution in [0.15, 0.2) is 42.5 Å². The second-order valence-corrected chi connectivity index (χ2v) is 5.89. The third-order valence-electron chi connectivity index (χ3n) is 4.04. The molecule has 0 aliphatic heterocycles. The Morgan fingerprint density at radius 3 is 2.33 bits per heavy atom. The lowest BCUT2D eigenvalue weighted by Crippen LogP contribution is -2.26. The van der Waals surface area contributed by atoms with Crippen molar-refractivity contribution in [2.75, 3.05) is 14.2 Å². The summed E-state index contributed by atoms with van der Waals surface area (Å²) in [6.07, 6.45) is 1.10. The molecule has 2 aromatic carbocycles. The van der Waals surface area contributed by atoms with Gasteiger partial charge in [-0.15, -0.1) is 0 Å². The molecule has 0 radical (unpaired) electrons. The van der Waals surface area contributed by atoms with E-state index < -0.39 is 0 Å². The third-order valence-corrected chi connectivity index (χ3v) is 4.04. The van der Waals surface area contributed by atoms with Crippen LogP contribution in [-0.2, 0) is 11.2 Å². The van der Waals surface area contributed by atoms with Gasteiger partial charge in [-0.1, -0.05) is 35.9 Å². The van der Waals surface area contributed by atoms with Crippen molar-refractivity contribution < 1.29 is 14.3 Å². The van der Waals surface area contributed by atoms with Crippen molar-refractivity contribution in [3.8, 4) is 11.5 Å². The van der Waals surface area contributed by atoms with Gasteiger partial charge in [0.2, 0.25) is 5.91 Å². The molecule has 1 unspecified atom stereocenters. The van der Waals surface area contributed by atoms with E-state index in [4.69, 9.17) is 9.47 Å². The van der Waals surface area contributed by atoms with E-state index in [1.54, 1.807) is 14.2 Å². The second kappa shape index (κ2) is 8.39. The van der Waals surface area contributed by atoms with Crippen molar-refractivity contribution in [2.24, 2.45) is 0 Å². The molecule has 0 aliphatic carbocycles. The number of carbonyl (C=O) groups excluding carboxylic acids is 1. The standard InChI is InChI=1S/C20H25NO3/c1-14-5-9-17(10-6-14)15(2)21-20(22)12-8-16-7-11-18(23-3)19(13-16)24-4/h5-7,9-11,13,15H,8,12H2,1-4H3,(H,21,22). The molecular weight excluding hydrogens is 302 g/mol. The van der Waals surface area contributed by atoms with Crippen molar-refractivity contribution in [1.82, 2.24) is 5.32 Å². The minimum atomic E-state index is 0.00324. The Balaban J connectivity index is 1.90. The summed E-state index contributed by atoms with van der Waals surface area (Å²) < 4.78 is 10.5. The van der Waals surface area contributed by atoms with Gasteiger partial charge in [0.25, 0.3) is 0 Å². The van der Waals surface area contributed by atoms with Gasteiger partial charge in [0.1, 0.15) is 0 Å². The van der Waals surface area contributed by atoms with Crippen LogP contribution in [0.1, 0.15) is 36.1 Å². The molecule has 1 amide bonds. The number of amides is 1. The van der Waals surface area contributed by atoms with Crippen LogP contribution in [0.3, 0.4) is 0 Å². The van der Waals surface area contributed by atoms with Gasteiger partial charge >= 0.3 is 0 Å². The van der Waals surface area contributed by atoms with Crippen LogP contribution in [0.2, 0.25) is 0 Å². The van der Waals surface area contributed by atoms with E-state index in [-0.39, 0.29) is 11.9 Å². The predicted octanol–water partition coefficient (Wildman–Crippen LogP) is 3.82. The van der Waals surface area contributed by atoms with Gasteiger partial charge in [-0.25, -0.2) is 0 Å². The number of aryl methyl sites for hydroxylation is 2. The molecule has 0 saturated heterocycles. The van der Waals surface area contributed by atoms with Crippen molar-refractivity contribution >= 4 is 5.91 Å². The largest absolute Gasteiger partial charge is 0.493 e. The maximum Gasteiger partial charge on any atom is 0.220 e. The minimum absolute atomic E-state index is 0.00324. The van der Waals surface area contributed by atoms with Crippen LogP contribution < -0.4 is 14.8 Å². The summed E-state index contributed by atoms with van der Waals surface area (Å²) in [5.74, 6) is 1.42. The molecule has 1 atom stereocenters. The number of rotatable bonds is 7. The maximum atomic E-state index is 12.2. The number of methoxy groups -OCH3 is 2. The molecule has 0 aromatic heterocycles. The van der Waals surface area contributed by atoms with Gasteiger partial charge < -0.3 is 14.8 Å². The average molecular weight is 327 g/mol. The number of ether oxygens (including phenoxy) is 2. The van der Waals surface area contributed by atoms with Crippen LogP contribution in [0, 0.1) is 6.92 Å². The first kappa shape index (κ1) is 17.9. The zero-order valence-corrected chi connectivity index (χ0v) is 14.8. The Labute approximate surface area is 143 Å². The van der Waals surface area contributed by atoms with Crippen LogP contribution >= 0.6 is 0 Å². The molecule has 2 rings (SSSR count). The first-order valence-corrected chi connectivity index (χ1v) is 8.10. The molecule has 2 aromatic rings. The van der Waals surface area contributed by atoms with Crippen LogP contribution in [-0.4, -0.2) is 20.1 Å². The SMILES string of the molecule is COc1ccc(CCC(=O)NC(C)c2ccc(C)cc2)cc1OC. The fourth-order valence-corrected chi connectivity index (χ4v) is 2.55. The van der Waals surface area contributed by atoms with Gasteiger partial charge in [-0.3, -0.25) is 4.79 Å². The number of hydrogen-bond acceptors (Lipinski definition) is 3. The molecule has 0 saturated carbocycles. The van der Waals surface area contributed by atoms with Gasteiger partial charge in [-0.2, -0.15) is 0 Å². The van der Waals surface area contributed by atoms with Crippen LogP contribution in [0.5, 0.6) is 11.5 Å². The smallest absolute Gasteiger partial charge is 0.220 e. The summed E-state index contributed by atoms with van der Waals surface area (Å²) in [5, 5.41) is 3.04. The quantitative estimate of drug-likeness (QED) is 0.841. The Kier molecular flexibility index (Phi) is 6.24. The zero-order valence-electron chi connectivity index (χ0n) is 14.8. The van der Waals surface area contributed by atoms with Crippen LogP contribution in [0.25, 0.3) is 0 Å². The molecule has 4 nitrogen and oxygen atoms in total. The minimum Gasteiger partial charge on any atom is -0.493 e. The summed E-state index contributed by atoms with van der Waals surface area (Å²) in [5.41, 5.74) is 3.37. The summed E-state index contributed by atoms with van der Waals surface area (Å²) >= 11 is 0. The highest BCUT2D eigenvalue weighted by Crippen LogP contribution is 2.28. The van der Waals surface area contributed by atoms with Gasteiger partial charge in [-0.05, 0) is 43.5 Å². The fourth-order valence-electron chi connectivity index (χ4n) is 2.55. The van der Waals surface area contributed by atoms with E-state index in [9.17, 15) is 4.79 Å². The first-order chi connectivity index (χ1) is 11.5. The number of carbonyl (C=O) groups is 1.